The van der Waals surface area contributed by atoms with E-state index in [0.29, 0.717) is 22.4 Å². The molecule has 0 atom stereocenters. The summed E-state index contributed by atoms with van der Waals surface area (Å²) in [5.74, 6) is -3.48. The molecular formula is C38H50AgF2N7O12. The molecule has 4 heterocycles. The van der Waals surface area contributed by atoms with Gasteiger partial charge in [0.05, 0.1) is 27.5 Å². The summed E-state index contributed by atoms with van der Waals surface area (Å²) in [7, 11) is 0. The van der Waals surface area contributed by atoms with Crippen molar-refractivity contribution < 1.29 is 72.5 Å². The molecule has 2 aromatic carbocycles. The number of fused-ring (bicyclic) bond motifs is 2. The van der Waals surface area contributed by atoms with Gasteiger partial charge in [0.1, 0.15) is 22.8 Å². The molecule has 4 aliphatic rings. The molecule has 2 saturated heterocycles. The van der Waals surface area contributed by atoms with Crippen molar-refractivity contribution in [1.29, 1.82) is 0 Å². The number of halogens is 2. The molecule has 8 N–H and O–H groups in total. The van der Waals surface area contributed by atoms with Gasteiger partial charge in [-0.2, -0.15) is 0 Å². The van der Waals surface area contributed by atoms with Crippen molar-refractivity contribution in [2.45, 2.75) is 51.6 Å². The molecule has 0 spiro atoms. The third kappa shape index (κ3) is 11.2. The average molecular weight is 943 g/mol. The number of hydrogen-bond acceptors (Lipinski definition) is 11. The molecule has 19 nitrogen and oxygen atoms in total. The van der Waals surface area contributed by atoms with Gasteiger partial charge in [-0.15, -0.1) is 0 Å². The number of piperazine rings is 2. The molecule has 0 amide bonds. The smallest absolute Gasteiger partial charge is 0.477 e. The molecule has 4 fully saturated rings. The van der Waals surface area contributed by atoms with Crippen LogP contribution in [-0.4, -0.2) is 128 Å². The minimum atomic E-state index is -1.75. The van der Waals surface area contributed by atoms with E-state index in [0.717, 1.165) is 91.1 Å². The van der Waals surface area contributed by atoms with Crippen LogP contribution in [0.4, 0.5) is 20.2 Å². The zero-order valence-electron chi connectivity index (χ0n) is 33.0. The zero-order chi connectivity index (χ0) is 40.4. The molecule has 334 valence electrons. The predicted octanol–water partition coefficient (Wildman–Crippen LogP) is 1.92. The van der Waals surface area contributed by atoms with Crippen LogP contribution in [0.15, 0.2) is 46.2 Å². The summed E-state index contributed by atoms with van der Waals surface area (Å²) in [6.07, 6.45) is 6.61. The van der Waals surface area contributed by atoms with Crippen LogP contribution in [-0.2, 0) is 22.4 Å². The van der Waals surface area contributed by atoms with E-state index < -0.39 is 39.5 Å². The van der Waals surface area contributed by atoms with Crippen molar-refractivity contribution in [2.24, 2.45) is 0 Å². The third-order valence-corrected chi connectivity index (χ3v) is 10.9. The van der Waals surface area contributed by atoms with Crippen molar-refractivity contribution in [1.82, 2.24) is 18.9 Å². The van der Waals surface area contributed by atoms with E-state index in [-0.39, 0.29) is 72.8 Å². The van der Waals surface area contributed by atoms with Gasteiger partial charge >= 0.3 is 34.3 Å². The first-order chi connectivity index (χ1) is 26.7. The maximum absolute atomic E-state index is 14.8. The van der Waals surface area contributed by atoms with Gasteiger partial charge in [-0.05, 0) is 63.0 Å². The van der Waals surface area contributed by atoms with Crippen molar-refractivity contribution in [3.05, 3.63) is 95.2 Å². The summed E-state index contributed by atoms with van der Waals surface area (Å²) in [4.78, 5) is 64.7. The summed E-state index contributed by atoms with van der Waals surface area (Å²) >= 11 is 0. The Hall–Kier alpha value is -5.00. The molecule has 0 unspecified atom stereocenters. The molecule has 2 saturated carbocycles. The van der Waals surface area contributed by atoms with Crippen LogP contribution in [0.25, 0.3) is 21.8 Å². The Balaban J connectivity index is 0.000000358. The van der Waals surface area contributed by atoms with E-state index in [9.17, 15) is 38.2 Å². The number of pyridine rings is 2. The summed E-state index contributed by atoms with van der Waals surface area (Å²) in [6.45, 7) is 12.6. The van der Waals surface area contributed by atoms with E-state index in [1.807, 2.05) is 18.9 Å². The quantitative estimate of drug-likeness (QED) is 0.145. The van der Waals surface area contributed by atoms with Gasteiger partial charge in [0, 0.05) is 87.6 Å². The largest absolute Gasteiger partial charge is 1.00 e. The summed E-state index contributed by atoms with van der Waals surface area (Å²) in [5, 5.41) is 33.7. The van der Waals surface area contributed by atoms with Crippen molar-refractivity contribution in [2.75, 3.05) is 75.2 Å². The monoisotopic (exact) mass is 941 g/mol. The number of likely N-dealkylation sites (N-methyl/N-ethyl adjacent to an activating group) is 2. The number of rotatable bonds is 8. The Morgan fingerprint density at radius 2 is 0.950 bits per heavy atom. The van der Waals surface area contributed by atoms with Gasteiger partial charge in [0.25, 0.3) is 0 Å². The molecule has 2 aromatic heterocycles. The molecule has 4 aromatic rings. The van der Waals surface area contributed by atoms with Gasteiger partial charge in [0.2, 0.25) is 10.9 Å². The minimum Gasteiger partial charge on any atom is -0.477 e. The molecule has 2 aliphatic heterocycles. The Kier molecular flexibility index (Phi) is 18.3. The van der Waals surface area contributed by atoms with Crippen molar-refractivity contribution in [3.8, 4) is 0 Å². The van der Waals surface area contributed by atoms with E-state index in [2.05, 4.69) is 23.6 Å². The molecular weight excluding hydrogens is 892 g/mol. The minimum absolute atomic E-state index is 0. The Labute approximate surface area is 357 Å². The Bertz CT molecular complexity index is 2130. The van der Waals surface area contributed by atoms with Crippen LogP contribution in [0.1, 0.15) is 72.3 Å². The fraction of sp³-hybridized carbons (Fsp3) is 0.474. The Morgan fingerprint density at radius 1 is 0.650 bits per heavy atom. The second kappa shape index (κ2) is 21.5. The van der Waals surface area contributed by atoms with Gasteiger partial charge < -0.3 is 70.7 Å². The van der Waals surface area contributed by atoms with Crippen LogP contribution in [0.2, 0.25) is 0 Å². The van der Waals surface area contributed by atoms with Crippen LogP contribution in [0, 0.1) is 27.0 Å². The normalized spacial score (nSPS) is 16.4. The summed E-state index contributed by atoms with van der Waals surface area (Å²) in [5.41, 5.74) is 0.390. The molecule has 0 radical (unpaired) electrons. The number of hydrogen-bond donors (Lipinski definition) is 2. The number of aromatic carboxylic acids is 2. The maximum Gasteiger partial charge on any atom is 1.00 e. The van der Waals surface area contributed by atoms with Gasteiger partial charge in [-0.1, -0.05) is 13.8 Å². The fourth-order valence-electron chi connectivity index (χ4n) is 7.43. The molecule has 2 aliphatic carbocycles. The predicted molar refractivity (Wildman–Crippen MR) is 217 cm³/mol. The Morgan fingerprint density at radius 3 is 1.20 bits per heavy atom. The second-order valence-electron chi connectivity index (χ2n) is 14.3. The van der Waals surface area contributed by atoms with Crippen LogP contribution in [0.5, 0.6) is 0 Å². The van der Waals surface area contributed by atoms with Crippen molar-refractivity contribution in [3.63, 3.8) is 0 Å². The third-order valence-electron chi connectivity index (χ3n) is 10.9. The van der Waals surface area contributed by atoms with E-state index in [4.69, 9.17) is 15.3 Å². The molecule has 22 heteroatoms. The van der Waals surface area contributed by atoms with Crippen molar-refractivity contribution >= 4 is 45.1 Å². The number of aromatic nitrogens is 2. The topological polar surface area (TPSA) is 292 Å². The number of nitrogens with zero attached hydrogens (tertiary/aromatic N) is 7. The first-order valence-corrected chi connectivity index (χ1v) is 18.7. The van der Waals surface area contributed by atoms with E-state index in [1.165, 1.54) is 24.5 Å². The maximum atomic E-state index is 14.8. The molecule has 60 heavy (non-hydrogen) atoms. The van der Waals surface area contributed by atoms with Gasteiger partial charge in [-0.3, -0.25) is 9.59 Å². The standard InChI is InChI=1S/2C19H22FN3O3.Ag.NO3.3H2O/c2*1-2-21-5-7-22(8-6-21)17-10-16-13(9-15(17)20)18(24)14(19(25)26)11-23(16)12-3-4-12;;2-1(3)4;;;/h2*9-12H,2-8H2,1H3,(H,25,26);;;3*1H2/q;;+1;-1;;;. The zero-order valence-corrected chi connectivity index (χ0v) is 34.4. The number of benzene rings is 2. The summed E-state index contributed by atoms with van der Waals surface area (Å²) < 4.78 is 33.3. The van der Waals surface area contributed by atoms with Gasteiger partial charge in [0.15, 0.2) is 0 Å². The first kappa shape index (κ1) is 51.1. The number of anilines is 2. The van der Waals surface area contributed by atoms with Crippen LogP contribution >= 0.6 is 0 Å². The van der Waals surface area contributed by atoms with Crippen LogP contribution in [0.3, 0.4) is 0 Å². The number of carboxylic acid groups (broad SMARTS) is 2. The summed E-state index contributed by atoms with van der Waals surface area (Å²) in [6, 6.07) is 6.24. The second-order valence-corrected chi connectivity index (χ2v) is 14.3. The first-order valence-electron chi connectivity index (χ1n) is 18.7. The number of carboxylic acids is 2. The van der Waals surface area contributed by atoms with E-state index in [1.54, 1.807) is 12.1 Å². The van der Waals surface area contributed by atoms with E-state index >= 15 is 0 Å². The number of carbonyl (C=O) groups is 2. The van der Waals surface area contributed by atoms with Crippen LogP contribution < -0.4 is 20.7 Å². The molecule has 0 bridgehead atoms. The fourth-order valence-corrected chi connectivity index (χ4v) is 7.43. The SMILES string of the molecule is CCN1CCN(c2cc3c(cc2F)c(=O)c(C(=O)O)cn3C2CC2)CC1.CCN1CCN(c2cc3c(cc2F)c(=O)c(C(=O)O)cn3C2CC2)CC1.O.O.O.O=[N+]([O-])[O-].[Ag+]. The molecule has 8 rings (SSSR count). The van der Waals surface area contributed by atoms with Gasteiger partial charge in [-0.25, -0.2) is 18.4 Å². The average Bonchev–Trinajstić information content (AvgIpc) is 4.11.